The predicted octanol–water partition coefficient (Wildman–Crippen LogP) is 1.28. The number of hydrazine groups is 2. The molecule has 2 rings (SSSR count). The van der Waals surface area contributed by atoms with Crippen LogP contribution in [0.25, 0.3) is 0 Å². The maximum atomic E-state index is 12.4. The molecule has 2 aliphatic rings. The van der Waals surface area contributed by atoms with Crippen LogP contribution in [0.3, 0.4) is 0 Å². The van der Waals surface area contributed by atoms with E-state index in [9.17, 15) is 13.2 Å². The second-order valence-corrected chi connectivity index (χ2v) is 8.98. The third-order valence-electron chi connectivity index (χ3n) is 4.57. The number of carbonyl (C=O) groups excluding carboxylic acids is 1. The number of amides is 1. The molecule has 1 saturated heterocycles. The largest absolute Gasteiger partial charge is 0.357 e. The maximum absolute atomic E-state index is 12.4. The van der Waals surface area contributed by atoms with Gasteiger partial charge >= 0.3 is 0 Å². The highest BCUT2D eigenvalue weighted by Crippen LogP contribution is 2.16. The topological polar surface area (TPSA) is 85.0 Å². The molecule has 1 fully saturated rings. The first kappa shape index (κ1) is 22.4. The molecule has 0 unspecified atom stereocenters. The Labute approximate surface area is 172 Å². The number of thiocarbonyl (C=S) groups is 1. The smallest absolute Gasteiger partial charge is 0.255 e. The number of nitrogens with zero attached hydrogens (tertiary/aromatic N) is 3. The second kappa shape index (κ2) is 10.0. The minimum atomic E-state index is -3.90. The quantitative estimate of drug-likeness (QED) is 0.343. The van der Waals surface area contributed by atoms with Gasteiger partial charge in [0.2, 0.25) is 10.0 Å². The fourth-order valence-corrected chi connectivity index (χ4v) is 4.37. The highest BCUT2D eigenvalue weighted by Gasteiger charge is 2.23. The normalized spacial score (nSPS) is 16.9. The van der Waals surface area contributed by atoms with Crippen LogP contribution in [0.2, 0.25) is 0 Å². The molecule has 0 aromatic carbocycles. The van der Waals surface area contributed by atoms with Crippen molar-refractivity contribution >= 4 is 33.1 Å². The van der Waals surface area contributed by atoms with E-state index in [-0.39, 0.29) is 0 Å². The molecule has 8 nitrogen and oxygen atoms in total. The molecule has 28 heavy (non-hydrogen) atoms. The molecule has 2 N–H and O–H groups in total. The molecule has 10 heteroatoms. The van der Waals surface area contributed by atoms with Crippen LogP contribution in [0.1, 0.15) is 32.1 Å². The zero-order chi connectivity index (χ0) is 20.7. The fourth-order valence-electron chi connectivity index (χ4n) is 3.10. The van der Waals surface area contributed by atoms with E-state index < -0.39 is 21.7 Å². The summed E-state index contributed by atoms with van der Waals surface area (Å²) in [5, 5.41) is 2.74. The van der Waals surface area contributed by atoms with Gasteiger partial charge in [0, 0.05) is 27.2 Å². The van der Waals surface area contributed by atoms with Gasteiger partial charge in [0.1, 0.15) is 16.6 Å². The van der Waals surface area contributed by atoms with E-state index in [4.69, 9.17) is 12.2 Å². The van der Waals surface area contributed by atoms with Gasteiger partial charge in [0.15, 0.2) is 0 Å². The Morgan fingerprint density at radius 2 is 1.93 bits per heavy atom. The van der Waals surface area contributed by atoms with E-state index >= 15 is 0 Å². The summed E-state index contributed by atoms with van der Waals surface area (Å²) in [7, 11) is -0.714. The SMILES string of the molecule is C=C(N1CCCC1)N(C)NC(=O)CS(=O)(=O)NN(C)C(=S)C1=CCC=CCC1. The van der Waals surface area contributed by atoms with Crippen molar-refractivity contribution < 1.29 is 13.2 Å². The van der Waals surface area contributed by atoms with Crippen LogP contribution in [0.15, 0.2) is 36.2 Å². The lowest BCUT2D eigenvalue weighted by atomic mass is 10.1. The summed E-state index contributed by atoms with van der Waals surface area (Å²) < 4.78 is 24.7. The number of rotatable bonds is 8. The number of likely N-dealkylation sites (N-methyl/N-ethyl adjacent to an activating group) is 1. The number of hydrogen-bond donors (Lipinski definition) is 2. The molecular weight excluding hydrogens is 398 g/mol. The second-order valence-electron chi connectivity index (χ2n) is 6.89. The zero-order valence-electron chi connectivity index (χ0n) is 16.5. The first-order valence-electron chi connectivity index (χ1n) is 9.29. The third-order valence-corrected chi connectivity index (χ3v) is 6.30. The van der Waals surface area contributed by atoms with Crippen molar-refractivity contribution in [1.82, 2.24) is 25.2 Å². The Hall–Kier alpha value is -1.91. The molecule has 0 aromatic heterocycles. The summed E-state index contributed by atoms with van der Waals surface area (Å²) >= 11 is 5.38. The zero-order valence-corrected chi connectivity index (χ0v) is 18.1. The van der Waals surface area contributed by atoms with E-state index in [1.807, 2.05) is 6.08 Å². The number of likely N-dealkylation sites (tertiary alicyclic amines) is 1. The average molecular weight is 428 g/mol. The summed E-state index contributed by atoms with van der Waals surface area (Å²) in [5.74, 6) is -0.714. The van der Waals surface area contributed by atoms with E-state index in [2.05, 4.69) is 33.9 Å². The molecule has 1 aliphatic carbocycles. The standard InChI is InChI=1S/C18H29N5O3S2/c1-15(23-12-8-9-13-23)21(2)19-17(24)14-28(25,26)20-22(3)18(27)16-10-6-4-5-7-11-16/h4-5,10,20H,1,6-9,11-14H2,2-3H3,(H,19,24). The molecule has 0 aromatic rings. The summed E-state index contributed by atoms with van der Waals surface area (Å²) in [6.45, 7) is 5.72. The van der Waals surface area contributed by atoms with Crippen LogP contribution < -0.4 is 10.3 Å². The Morgan fingerprint density at radius 1 is 1.25 bits per heavy atom. The predicted molar refractivity (Wildman–Crippen MR) is 114 cm³/mol. The van der Waals surface area contributed by atoms with Gasteiger partial charge in [-0.1, -0.05) is 37.0 Å². The highest BCUT2D eigenvalue weighted by molar-refractivity contribution is 7.90. The Bertz CT molecular complexity index is 770. The molecule has 0 saturated carbocycles. The molecule has 0 bridgehead atoms. The molecule has 0 spiro atoms. The number of hydrogen-bond acceptors (Lipinski definition) is 6. The minimum Gasteiger partial charge on any atom is -0.357 e. The van der Waals surface area contributed by atoms with Crippen LogP contribution in [0, 0.1) is 0 Å². The van der Waals surface area contributed by atoms with Crippen molar-refractivity contribution in [2.24, 2.45) is 0 Å². The molecular formula is C18H29N5O3S2. The number of sulfonamides is 1. The fraction of sp³-hybridized carbons (Fsp3) is 0.556. The van der Waals surface area contributed by atoms with Crippen molar-refractivity contribution in [1.29, 1.82) is 0 Å². The van der Waals surface area contributed by atoms with E-state index in [1.165, 1.54) is 17.1 Å². The first-order valence-corrected chi connectivity index (χ1v) is 11.3. The van der Waals surface area contributed by atoms with Crippen LogP contribution in [-0.2, 0) is 14.8 Å². The number of nitrogens with one attached hydrogen (secondary N) is 2. The average Bonchev–Trinajstić information content (AvgIpc) is 3.01. The summed E-state index contributed by atoms with van der Waals surface area (Å²) in [5.41, 5.74) is 3.46. The molecule has 0 atom stereocenters. The Morgan fingerprint density at radius 3 is 2.61 bits per heavy atom. The van der Waals surface area contributed by atoms with Crippen LogP contribution >= 0.6 is 12.2 Å². The highest BCUT2D eigenvalue weighted by atomic mass is 32.2. The van der Waals surface area contributed by atoms with Crippen LogP contribution in [-0.4, -0.2) is 67.2 Å². The lowest BCUT2D eigenvalue weighted by Gasteiger charge is -2.29. The van der Waals surface area contributed by atoms with E-state index in [1.54, 1.807) is 7.05 Å². The molecule has 1 amide bonds. The summed E-state index contributed by atoms with van der Waals surface area (Å²) in [4.78, 5) is 17.0. The number of carbonyl (C=O) groups is 1. The molecule has 0 radical (unpaired) electrons. The van der Waals surface area contributed by atoms with Crippen molar-refractivity contribution in [2.45, 2.75) is 32.1 Å². The van der Waals surface area contributed by atoms with Gasteiger partial charge in [-0.05, 0) is 37.7 Å². The summed E-state index contributed by atoms with van der Waals surface area (Å²) in [6.07, 6.45) is 10.7. The van der Waals surface area contributed by atoms with Gasteiger partial charge in [-0.25, -0.2) is 8.42 Å². The minimum absolute atomic E-state index is 0.409. The van der Waals surface area contributed by atoms with Crippen molar-refractivity contribution in [3.63, 3.8) is 0 Å². The van der Waals surface area contributed by atoms with Crippen LogP contribution in [0.4, 0.5) is 0 Å². The van der Waals surface area contributed by atoms with Gasteiger partial charge in [-0.15, -0.1) is 4.83 Å². The summed E-state index contributed by atoms with van der Waals surface area (Å²) in [6, 6.07) is 0. The van der Waals surface area contributed by atoms with Crippen molar-refractivity contribution in [3.8, 4) is 0 Å². The van der Waals surface area contributed by atoms with Gasteiger partial charge in [0.05, 0.1) is 0 Å². The third kappa shape index (κ3) is 6.61. The maximum Gasteiger partial charge on any atom is 0.255 e. The van der Waals surface area contributed by atoms with Crippen molar-refractivity contribution in [3.05, 3.63) is 36.2 Å². The number of allylic oxidation sites excluding steroid dienone is 3. The van der Waals surface area contributed by atoms with Gasteiger partial charge in [0.25, 0.3) is 5.91 Å². The molecule has 1 aliphatic heterocycles. The molecule has 1 heterocycles. The monoisotopic (exact) mass is 427 g/mol. The lowest BCUT2D eigenvalue weighted by molar-refractivity contribution is -0.122. The van der Waals surface area contributed by atoms with Gasteiger partial charge in [-0.2, -0.15) is 0 Å². The van der Waals surface area contributed by atoms with Gasteiger partial charge in [-0.3, -0.25) is 20.2 Å². The Balaban J connectivity index is 1.86. The van der Waals surface area contributed by atoms with E-state index in [0.717, 1.165) is 50.8 Å². The lowest BCUT2D eigenvalue weighted by Crippen LogP contribution is -2.49. The van der Waals surface area contributed by atoms with Crippen LogP contribution in [0.5, 0.6) is 0 Å². The van der Waals surface area contributed by atoms with E-state index in [0.29, 0.717) is 10.8 Å². The molecule has 156 valence electrons. The van der Waals surface area contributed by atoms with Gasteiger partial charge < -0.3 is 4.90 Å². The Kier molecular flexibility index (Phi) is 8.02. The first-order chi connectivity index (χ1) is 13.2. The van der Waals surface area contributed by atoms with Crippen molar-refractivity contribution in [2.75, 3.05) is 32.9 Å².